The number of carbonyl (C=O) groups is 1. The first kappa shape index (κ1) is 19.0. The summed E-state index contributed by atoms with van der Waals surface area (Å²) in [6, 6.07) is 6.46. The molecule has 26 heavy (non-hydrogen) atoms. The van der Waals surface area contributed by atoms with Crippen LogP contribution in [0.25, 0.3) is 10.6 Å². The largest absolute Gasteiger partial charge is 0.377 e. The van der Waals surface area contributed by atoms with Gasteiger partial charge in [-0.15, -0.1) is 11.3 Å². The zero-order chi connectivity index (χ0) is 18.7. The predicted molar refractivity (Wildman–Crippen MR) is 102 cm³/mol. The molecule has 0 bridgehead atoms. The van der Waals surface area contributed by atoms with Crippen molar-refractivity contribution >= 4 is 17.2 Å². The van der Waals surface area contributed by atoms with Crippen LogP contribution in [-0.4, -0.2) is 30.1 Å². The normalized spacial score (nSPS) is 20.8. The van der Waals surface area contributed by atoms with Crippen LogP contribution in [0.3, 0.4) is 0 Å². The highest BCUT2D eigenvalue weighted by Crippen LogP contribution is 2.34. The van der Waals surface area contributed by atoms with E-state index in [1.54, 1.807) is 18.2 Å². The molecule has 1 N–H and O–H groups in total. The van der Waals surface area contributed by atoms with Crippen LogP contribution >= 0.6 is 11.3 Å². The molecule has 3 rings (SSSR count). The molecule has 4 nitrogen and oxygen atoms in total. The van der Waals surface area contributed by atoms with Crippen molar-refractivity contribution in [1.82, 2.24) is 10.3 Å². The van der Waals surface area contributed by atoms with Crippen molar-refractivity contribution in [2.45, 2.75) is 39.7 Å². The number of halogens is 1. The molecule has 2 heterocycles. The van der Waals surface area contributed by atoms with Crippen LogP contribution in [0.2, 0.25) is 0 Å². The second-order valence-electron chi connectivity index (χ2n) is 7.78. The van der Waals surface area contributed by atoms with Crippen LogP contribution in [0.15, 0.2) is 30.5 Å². The predicted octanol–water partition coefficient (Wildman–Crippen LogP) is 4.52. The highest BCUT2D eigenvalue weighted by Gasteiger charge is 2.35. The summed E-state index contributed by atoms with van der Waals surface area (Å²) in [6.45, 7) is 7.87. The molecule has 1 aliphatic heterocycles. The zero-order valence-electron chi connectivity index (χ0n) is 15.4. The molecule has 1 saturated heterocycles. The standard InChI is InChI=1S/C20H25FN2O2S/c1-20(2,3)17-13(7-6-10-25-17)11-22-18(24)16-12-23-19(26-16)14-8-4-5-9-15(14)21/h4-5,8-9,12-13,17H,6-7,10-11H2,1-3H3,(H,22,24)/t13-,17-/m0/s1. The fourth-order valence-corrected chi connectivity index (χ4v) is 4.32. The van der Waals surface area contributed by atoms with Gasteiger partial charge in [0.25, 0.3) is 5.91 Å². The van der Waals surface area contributed by atoms with Gasteiger partial charge in [-0.1, -0.05) is 32.9 Å². The zero-order valence-corrected chi connectivity index (χ0v) is 16.2. The molecule has 0 aliphatic carbocycles. The van der Waals surface area contributed by atoms with Crippen molar-refractivity contribution in [2.24, 2.45) is 11.3 Å². The van der Waals surface area contributed by atoms with Gasteiger partial charge in [0.2, 0.25) is 0 Å². The van der Waals surface area contributed by atoms with Crippen molar-refractivity contribution in [2.75, 3.05) is 13.2 Å². The van der Waals surface area contributed by atoms with E-state index in [1.165, 1.54) is 23.6 Å². The van der Waals surface area contributed by atoms with Gasteiger partial charge in [0.1, 0.15) is 15.7 Å². The number of amides is 1. The number of benzene rings is 1. The van der Waals surface area contributed by atoms with Gasteiger partial charge in [0, 0.05) is 24.6 Å². The molecule has 0 unspecified atom stereocenters. The number of nitrogens with one attached hydrogen (secondary N) is 1. The van der Waals surface area contributed by atoms with E-state index in [1.807, 2.05) is 0 Å². The van der Waals surface area contributed by atoms with E-state index < -0.39 is 0 Å². The molecule has 0 spiro atoms. The van der Waals surface area contributed by atoms with Crippen molar-refractivity contribution < 1.29 is 13.9 Å². The Kier molecular flexibility index (Phi) is 5.73. The Morgan fingerprint density at radius 1 is 1.38 bits per heavy atom. The van der Waals surface area contributed by atoms with Crippen molar-refractivity contribution in [3.8, 4) is 10.6 Å². The van der Waals surface area contributed by atoms with Crippen LogP contribution in [0.5, 0.6) is 0 Å². The van der Waals surface area contributed by atoms with Crippen LogP contribution in [-0.2, 0) is 4.74 Å². The SMILES string of the molecule is CC(C)(C)[C@H]1OCCC[C@H]1CNC(=O)c1cnc(-c2ccccc2F)s1. The molecule has 1 aliphatic rings. The fraction of sp³-hybridized carbons (Fsp3) is 0.500. The molecule has 2 atom stereocenters. The molecule has 1 aromatic heterocycles. The van der Waals surface area contributed by atoms with Crippen LogP contribution < -0.4 is 5.32 Å². The lowest BCUT2D eigenvalue weighted by Crippen LogP contribution is -2.45. The molecular formula is C20H25FN2O2S. The number of ether oxygens (including phenoxy) is 1. The summed E-state index contributed by atoms with van der Waals surface area (Å²) in [5.41, 5.74) is 0.461. The number of hydrogen-bond acceptors (Lipinski definition) is 4. The van der Waals surface area contributed by atoms with Crippen molar-refractivity contribution in [3.63, 3.8) is 0 Å². The Labute approximate surface area is 157 Å². The maximum atomic E-state index is 13.9. The smallest absolute Gasteiger partial charge is 0.263 e. The number of carbonyl (C=O) groups excluding carboxylic acids is 1. The third-order valence-electron chi connectivity index (χ3n) is 4.66. The van der Waals surface area contributed by atoms with E-state index in [2.05, 4.69) is 31.1 Å². The Bertz CT molecular complexity index is 769. The highest BCUT2D eigenvalue weighted by atomic mass is 32.1. The van der Waals surface area contributed by atoms with E-state index in [9.17, 15) is 9.18 Å². The summed E-state index contributed by atoms with van der Waals surface area (Å²) in [4.78, 5) is 17.2. The quantitative estimate of drug-likeness (QED) is 0.853. The molecule has 0 radical (unpaired) electrons. The lowest BCUT2D eigenvalue weighted by Gasteiger charge is -2.40. The van der Waals surface area contributed by atoms with E-state index in [4.69, 9.17) is 4.74 Å². The maximum Gasteiger partial charge on any atom is 0.263 e. The molecule has 1 fully saturated rings. The van der Waals surface area contributed by atoms with E-state index in [0.717, 1.165) is 19.4 Å². The van der Waals surface area contributed by atoms with E-state index in [-0.39, 0.29) is 23.2 Å². The molecule has 6 heteroatoms. The minimum atomic E-state index is -0.332. The van der Waals surface area contributed by atoms with E-state index in [0.29, 0.717) is 27.9 Å². The molecule has 0 saturated carbocycles. The van der Waals surface area contributed by atoms with E-state index >= 15 is 0 Å². The van der Waals surface area contributed by atoms with Gasteiger partial charge in [-0.2, -0.15) is 0 Å². The van der Waals surface area contributed by atoms with Gasteiger partial charge in [-0.3, -0.25) is 4.79 Å². The maximum absolute atomic E-state index is 13.9. The van der Waals surface area contributed by atoms with Crippen LogP contribution in [0.4, 0.5) is 4.39 Å². The lowest BCUT2D eigenvalue weighted by atomic mass is 9.78. The van der Waals surface area contributed by atoms with Crippen LogP contribution in [0, 0.1) is 17.2 Å². The van der Waals surface area contributed by atoms with Gasteiger partial charge in [-0.05, 0) is 30.4 Å². The van der Waals surface area contributed by atoms with Gasteiger partial charge < -0.3 is 10.1 Å². The summed E-state index contributed by atoms with van der Waals surface area (Å²) >= 11 is 1.21. The van der Waals surface area contributed by atoms with Crippen LogP contribution in [0.1, 0.15) is 43.3 Å². The number of nitrogens with zero attached hydrogens (tertiary/aromatic N) is 1. The van der Waals surface area contributed by atoms with Gasteiger partial charge in [-0.25, -0.2) is 9.37 Å². The highest BCUT2D eigenvalue weighted by molar-refractivity contribution is 7.16. The minimum Gasteiger partial charge on any atom is -0.377 e. The number of hydrogen-bond donors (Lipinski definition) is 1. The topological polar surface area (TPSA) is 51.2 Å². The average Bonchev–Trinajstić information content (AvgIpc) is 3.09. The molecule has 140 valence electrons. The second kappa shape index (κ2) is 7.84. The number of thiazole rings is 1. The number of rotatable bonds is 4. The summed E-state index contributed by atoms with van der Waals surface area (Å²) in [5.74, 6) is -0.198. The first-order valence-corrected chi connectivity index (χ1v) is 9.78. The van der Waals surface area contributed by atoms with Gasteiger partial charge in [0.15, 0.2) is 0 Å². The molecule has 1 amide bonds. The summed E-state index contributed by atoms with van der Waals surface area (Å²) in [7, 11) is 0. The summed E-state index contributed by atoms with van der Waals surface area (Å²) in [6.07, 6.45) is 3.71. The van der Waals surface area contributed by atoms with Crippen molar-refractivity contribution in [1.29, 1.82) is 0 Å². The minimum absolute atomic E-state index is 0.0400. The first-order valence-electron chi connectivity index (χ1n) is 8.97. The Morgan fingerprint density at radius 3 is 2.88 bits per heavy atom. The lowest BCUT2D eigenvalue weighted by molar-refractivity contribution is -0.0839. The number of aromatic nitrogens is 1. The fourth-order valence-electron chi connectivity index (χ4n) is 3.46. The molecule has 2 aromatic rings. The Morgan fingerprint density at radius 2 is 2.15 bits per heavy atom. The van der Waals surface area contributed by atoms with Gasteiger partial charge >= 0.3 is 0 Å². The average molecular weight is 376 g/mol. The Balaban J connectivity index is 1.65. The third-order valence-corrected chi connectivity index (χ3v) is 5.69. The van der Waals surface area contributed by atoms with Crippen molar-refractivity contribution in [3.05, 3.63) is 41.2 Å². The third kappa shape index (κ3) is 4.30. The monoisotopic (exact) mass is 376 g/mol. The molecule has 1 aromatic carbocycles. The second-order valence-corrected chi connectivity index (χ2v) is 8.81. The first-order chi connectivity index (χ1) is 12.4. The molecular weight excluding hydrogens is 351 g/mol. The Hall–Kier alpha value is -1.79. The summed E-state index contributed by atoms with van der Waals surface area (Å²) < 4.78 is 19.8. The summed E-state index contributed by atoms with van der Waals surface area (Å²) in [5, 5.41) is 3.52. The van der Waals surface area contributed by atoms with Gasteiger partial charge in [0.05, 0.1) is 12.3 Å².